The summed E-state index contributed by atoms with van der Waals surface area (Å²) in [5, 5.41) is 5.98. The van der Waals surface area contributed by atoms with Crippen molar-refractivity contribution < 1.29 is 18.0 Å². The Morgan fingerprint density at radius 3 is 2.13 bits per heavy atom. The van der Waals surface area contributed by atoms with Crippen LogP contribution < -0.4 is 15.4 Å². The normalized spacial score (nSPS) is 12.8. The smallest absolute Gasteiger partial charge is 0.251 e. The van der Waals surface area contributed by atoms with Gasteiger partial charge >= 0.3 is 0 Å². The third-order valence-corrected chi connectivity index (χ3v) is 6.41. The summed E-state index contributed by atoms with van der Waals surface area (Å²) >= 11 is 5.77. The minimum absolute atomic E-state index is 0.0110. The molecular formula is C21H26ClN3O4S. The Balaban J connectivity index is 2.00. The molecule has 2 rings (SSSR count). The number of benzene rings is 2. The van der Waals surface area contributed by atoms with E-state index < -0.39 is 22.0 Å². The van der Waals surface area contributed by atoms with Gasteiger partial charge in [-0.3, -0.25) is 9.59 Å². The molecule has 0 aliphatic rings. The highest BCUT2D eigenvalue weighted by molar-refractivity contribution is 7.89. The van der Waals surface area contributed by atoms with Crippen molar-refractivity contribution in [3.8, 4) is 0 Å². The van der Waals surface area contributed by atoms with Crippen LogP contribution in [0.15, 0.2) is 53.4 Å². The fourth-order valence-electron chi connectivity index (χ4n) is 2.39. The number of hydrogen-bond donors (Lipinski definition) is 3. The van der Waals surface area contributed by atoms with Gasteiger partial charge in [-0.05, 0) is 75.7 Å². The molecule has 0 saturated carbocycles. The van der Waals surface area contributed by atoms with E-state index in [-0.39, 0.29) is 16.3 Å². The van der Waals surface area contributed by atoms with Crippen LogP contribution in [0.25, 0.3) is 0 Å². The number of carbonyl (C=O) groups excluding carboxylic acids is 2. The number of anilines is 1. The van der Waals surface area contributed by atoms with E-state index in [0.29, 0.717) is 16.3 Å². The summed E-state index contributed by atoms with van der Waals surface area (Å²) < 4.78 is 27.1. The fourth-order valence-corrected chi connectivity index (χ4v) is 3.72. The van der Waals surface area contributed by atoms with Crippen LogP contribution in [0.1, 0.15) is 44.5 Å². The average molecular weight is 452 g/mol. The van der Waals surface area contributed by atoms with E-state index in [9.17, 15) is 18.0 Å². The van der Waals surface area contributed by atoms with E-state index in [4.69, 9.17) is 11.6 Å². The van der Waals surface area contributed by atoms with Crippen LogP contribution in [-0.2, 0) is 14.8 Å². The van der Waals surface area contributed by atoms with Gasteiger partial charge in [-0.2, -0.15) is 4.72 Å². The maximum Gasteiger partial charge on any atom is 0.251 e. The van der Waals surface area contributed by atoms with Gasteiger partial charge in [-0.15, -0.1) is 0 Å². The third kappa shape index (κ3) is 6.55. The zero-order chi connectivity index (χ0) is 22.5. The first-order chi connectivity index (χ1) is 13.9. The highest BCUT2D eigenvalue weighted by Crippen LogP contribution is 2.15. The molecule has 2 amide bonds. The number of hydrogen-bond acceptors (Lipinski definition) is 4. The number of sulfonamides is 1. The minimum atomic E-state index is -3.87. The molecule has 0 saturated heterocycles. The summed E-state index contributed by atoms with van der Waals surface area (Å²) in [6.07, 6.45) is 0.788. The topological polar surface area (TPSA) is 104 Å². The van der Waals surface area contributed by atoms with Crippen molar-refractivity contribution in [1.29, 1.82) is 0 Å². The summed E-state index contributed by atoms with van der Waals surface area (Å²) in [7, 11) is -3.87. The predicted octanol–water partition coefficient (Wildman–Crippen LogP) is 3.56. The molecule has 0 aliphatic carbocycles. The number of amides is 2. The van der Waals surface area contributed by atoms with E-state index in [2.05, 4.69) is 15.4 Å². The van der Waals surface area contributed by atoms with Gasteiger partial charge in [0.2, 0.25) is 15.9 Å². The molecule has 3 N–H and O–H groups in total. The van der Waals surface area contributed by atoms with Gasteiger partial charge in [-0.25, -0.2) is 8.42 Å². The summed E-state index contributed by atoms with van der Waals surface area (Å²) in [6, 6.07) is 11.0. The Labute approximate surface area is 182 Å². The molecule has 0 heterocycles. The van der Waals surface area contributed by atoms with Gasteiger partial charge in [0.1, 0.15) is 0 Å². The van der Waals surface area contributed by atoms with E-state index in [1.807, 2.05) is 20.8 Å². The monoisotopic (exact) mass is 451 g/mol. The van der Waals surface area contributed by atoms with Crippen molar-refractivity contribution >= 4 is 39.1 Å². The molecule has 0 aromatic heterocycles. The first-order valence-corrected chi connectivity index (χ1v) is 11.3. The second-order valence-corrected chi connectivity index (χ2v) is 9.71. The number of carbonyl (C=O) groups is 2. The Morgan fingerprint density at radius 1 is 1.03 bits per heavy atom. The van der Waals surface area contributed by atoms with Crippen LogP contribution >= 0.6 is 11.6 Å². The Morgan fingerprint density at radius 2 is 1.60 bits per heavy atom. The molecule has 0 radical (unpaired) electrons. The first-order valence-electron chi connectivity index (χ1n) is 9.45. The van der Waals surface area contributed by atoms with E-state index >= 15 is 0 Å². The Hall–Kier alpha value is -2.42. The van der Waals surface area contributed by atoms with Crippen molar-refractivity contribution in [3.05, 3.63) is 59.1 Å². The molecule has 2 aromatic rings. The average Bonchev–Trinajstić information content (AvgIpc) is 2.68. The molecule has 9 heteroatoms. The van der Waals surface area contributed by atoms with Crippen molar-refractivity contribution in [2.75, 3.05) is 5.32 Å². The molecule has 0 fully saturated rings. The fraction of sp³-hybridized carbons (Fsp3) is 0.333. The zero-order valence-corrected chi connectivity index (χ0v) is 18.9. The van der Waals surface area contributed by atoms with Crippen LogP contribution in [-0.4, -0.2) is 31.8 Å². The number of halogens is 1. The second kappa shape index (κ2) is 9.59. The molecule has 30 heavy (non-hydrogen) atoms. The highest BCUT2D eigenvalue weighted by atomic mass is 35.5. The van der Waals surface area contributed by atoms with Crippen molar-refractivity contribution in [3.63, 3.8) is 0 Å². The van der Waals surface area contributed by atoms with Gasteiger partial charge in [0.25, 0.3) is 5.91 Å². The molecular weight excluding hydrogens is 426 g/mol. The molecule has 7 nitrogen and oxygen atoms in total. The molecule has 162 valence electrons. The maximum absolute atomic E-state index is 12.4. The number of rotatable bonds is 8. The lowest BCUT2D eigenvalue weighted by Crippen LogP contribution is -2.42. The van der Waals surface area contributed by atoms with Gasteiger partial charge in [0.15, 0.2) is 0 Å². The van der Waals surface area contributed by atoms with Crippen molar-refractivity contribution in [1.82, 2.24) is 10.0 Å². The van der Waals surface area contributed by atoms with E-state index in [1.165, 1.54) is 31.2 Å². The highest BCUT2D eigenvalue weighted by Gasteiger charge is 2.22. The Bertz CT molecular complexity index is 1000. The van der Waals surface area contributed by atoms with Gasteiger partial charge < -0.3 is 10.6 Å². The summed E-state index contributed by atoms with van der Waals surface area (Å²) in [4.78, 5) is 24.7. The lowest BCUT2D eigenvalue weighted by Gasteiger charge is -2.24. The van der Waals surface area contributed by atoms with Crippen LogP contribution in [0.2, 0.25) is 5.02 Å². The standard InChI is InChI=1S/C21H26ClN3O4S/c1-5-21(3,4)24-20(27)15-6-10-17(11-7-15)23-19(26)14(2)25-30(28,29)18-12-8-16(22)9-13-18/h6-14,25H,5H2,1-4H3,(H,23,26)(H,24,27)/t14-/m0/s1. The van der Waals surface area contributed by atoms with Crippen molar-refractivity contribution in [2.45, 2.75) is 50.6 Å². The first kappa shape index (κ1) is 23.9. The maximum atomic E-state index is 12.4. The van der Waals surface area contributed by atoms with Crippen molar-refractivity contribution in [2.24, 2.45) is 0 Å². The van der Waals surface area contributed by atoms with Gasteiger partial charge in [-0.1, -0.05) is 18.5 Å². The van der Waals surface area contributed by atoms with Crippen LogP contribution in [0.3, 0.4) is 0 Å². The summed E-state index contributed by atoms with van der Waals surface area (Å²) in [5.74, 6) is -0.735. The minimum Gasteiger partial charge on any atom is -0.347 e. The lowest BCUT2D eigenvalue weighted by molar-refractivity contribution is -0.117. The largest absolute Gasteiger partial charge is 0.347 e. The van der Waals surface area contributed by atoms with E-state index in [0.717, 1.165) is 6.42 Å². The Kier molecular flexibility index (Phi) is 7.63. The molecule has 0 bridgehead atoms. The zero-order valence-electron chi connectivity index (χ0n) is 17.3. The van der Waals surface area contributed by atoms with Crippen LogP contribution in [0.4, 0.5) is 5.69 Å². The summed E-state index contributed by atoms with van der Waals surface area (Å²) in [6.45, 7) is 7.30. The number of nitrogens with one attached hydrogen (secondary N) is 3. The second-order valence-electron chi connectivity index (χ2n) is 7.56. The lowest BCUT2D eigenvalue weighted by atomic mass is 10.0. The molecule has 0 unspecified atom stereocenters. The van der Waals surface area contributed by atoms with Gasteiger partial charge in [0, 0.05) is 21.8 Å². The molecule has 0 spiro atoms. The van der Waals surface area contributed by atoms with Crippen LogP contribution in [0, 0.1) is 0 Å². The predicted molar refractivity (Wildman–Crippen MR) is 118 cm³/mol. The molecule has 1 atom stereocenters. The van der Waals surface area contributed by atoms with Gasteiger partial charge in [0.05, 0.1) is 10.9 Å². The van der Waals surface area contributed by atoms with Crippen LogP contribution in [0.5, 0.6) is 0 Å². The molecule has 0 aliphatic heterocycles. The summed E-state index contributed by atoms with van der Waals surface area (Å²) in [5.41, 5.74) is 0.593. The third-order valence-electron chi connectivity index (χ3n) is 4.60. The molecule has 2 aromatic carbocycles. The SMILES string of the molecule is CCC(C)(C)NC(=O)c1ccc(NC(=O)[C@H](C)NS(=O)(=O)c2ccc(Cl)cc2)cc1. The van der Waals surface area contributed by atoms with E-state index in [1.54, 1.807) is 24.3 Å². The quantitative estimate of drug-likeness (QED) is 0.570.